The van der Waals surface area contributed by atoms with Crippen molar-refractivity contribution in [2.45, 2.75) is 71.9 Å². The Hall–Kier alpha value is -0.290. The highest BCUT2D eigenvalue weighted by Crippen LogP contribution is 2.42. The molecule has 2 heterocycles. The van der Waals surface area contributed by atoms with E-state index in [4.69, 9.17) is 0 Å². The van der Waals surface area contributed by atoms with Gasteiger partial charge in [0.1, 0.15) is 0 Å². The number of nitrogens with zero attached hydrogens (tertiary/aromatic N) is 2. The van der Waals surface area contributed by atoms with Crippen LogP contribution in [0.1, 0.15) is 65.7 Å². The third kappa shape index (κ3) is 6.35. The molecule has 3 rings (SSSR count). The topological polar surface area (TPSA) is 6.48 Å². The van der Waals surface area contributed by atoms with Crippen LogP contribution in [-0.2, 0) is 0 Å². The molecular formula is C23H41F3N2. The first-order valence-electron chi connectivity index (χ1n) is 11.7. The van der Waals surface area contributed by atoms with Gasteiger partial charge >= 0.3 is 6.18 Å². The summed E-state index contributed by atoms with van der Waals surface area (Å²) in [7, 11) is 0. The summed E-state index contributed by atoms with van der Waals surface area (Å²) in [4.78, 5) is 4.30. The zero-order valence-corrected chi connectivity index (χ0v) is 18.2. The molecule has 1 saturated carbocycles. The molecule has 0 aromatic rings. The van der Waals surface area contributed by atoms with Crippen LogP contribution < -0.4 is 0 Å². The molecule has 2 aliphatic heterocycles. The molecule has 0 aromatic carbocycles. The molecule has 1 aliphatic carbocycles. The van der Waals surface area contributed by atoms with Crippen molar-refractivity contribution >= 4 is 0 Å². The Morgan fingerprint density at radius 2 is 1.29 bits per heavy atom. The normalized spacial score (nSPS) is 30.5. The van der Waals surface area contributed by atoms with Crippen molar-refractivity contribution in [3.05, 3.63) is 0 Å². The Balaban J connectivity index is 1.35. The highest BCUT2D eigenvalue weighted by Gasteiger charge is 2.37. The lowest BCUT2D eigenvalue weighted by Crippen LogP contribution is -2.44. The van der Waals surface area contributed by atoms with Gasteiger partial charge in [-0.1, -0.05) is 20.8 Å². The minimum atomic E-state index is -4.05. The smallest absolute Gasteiger partial charge is 0.303 e. The molecule has 3 unspecified atom stereocenters. The molecule has 0 aromatic heterocycles. The number of piperidine rings is 2. The third-order valence-electron chi connectivity index (χ3n) is 8.16. The van der Waals surface area contributed by atoms with Crippen LogP contribution in [0.3, 0.4) is 0 Å². The molecule has 0 radical (unpaired) electrons. The Morgan fingerprint density at radius 3 is 1.79 bits per heavy atom. The Bertz CT molecular complexity index is 463. The number of likely N-dealkylation sites (tertiary alicyclic amines) is 2. The summed E-state index contributed by atoms with van der Waals surface area (Å²) in [6.45, 7) is 11.4. The Kier molecular flexibility index (Phi) is 7.74. The van der Waals surface area contributed by atoms with Gasteiger partial charge in [-0.05, 0) is 107 Å². The summed E-state index contributed by atoms with van der Waals surface area (Å²) in [6, 6.07) is 0. The van der Waals surface area contributed by atoms with Gasteiger partial charge in [-0.3, -0.25) is 4.90 Å². The average molecular weight is 403 g/mol. The molecule has 2 saturated heterocycles. The van der Waals surface area contributed by atoms with E-state index in [1.807, 2.05) is 0 Å². The van der Waals surface area contributed by atoms with Crippen molar-refractivity contribution in [1.29, 1.82) is 0 Å². The van der Waals surface area contributed by atoms with Gasteiger partial charge in [-0.2, -0.15) is 13.2 Å². The number of hydrogen-bond acceptors (Lipinski definition) is 2. The van der Waals surface area contributed by atoms with Crippen LogP contribution in [-0.4, -0.2) is 55.2 Å². The zero-order chi connectivity index (χ0) is 20.3. The second-order valence-electron chi connectivity index (χ2n) is 10.4. The second-order valence-corrected chi connectivity index (χ2v) is 10.4. The molecule has 0 spiro atoms. The highest BCUT2D eigenvalue weighted by atomic mass is 19.4. The first kappa shape index (κ1) is 22.4. The van der Waals surface area contributed by atoms with Gasteiger partial charge in [0, 0.05) is 6.54 Å². The summed E-state index contributed by atoms with van der Waals surface area (Å²) >= 11 is 0. The third-order valence-corrected chi connectivity index (χ3v) is 8.16. The van der Waals surface area contributed by atoms with Gasteiger partial charge in [0.05, 0.1) is 6.54 Å². The van der Waals surface area contributed by atoms with Crippen LogP contribution in [0.4, 0.5) is 13.2 Å². The van der Waals surface area contributed by atoms with E-state index in [0.717, 1.165) is 36.5 Å². The Labute approximate surface area is 170 Å². The Morgan fingerprint density at radius 1 is 0.750 bits per heavy atom. The maximum atomic E-state index is 12.6. The molecular weight excluding hydrogens is 361 g/mol. The monoisotopic (exact) mass is 402 g/mol. The lowest BCUT2D eigenvalue weighted by atomic mass is 9.67. The van der Waals surface area contributed by atoms with Crippen LogP contribution in [0.5, 0.6) is 0 Å². The SMILES string of the molecule is CC(C)C1CCN(CC2CCC2CC(C)C2CCN(CC(F)(F)F)CC2)CC1. The van der Waals surface area contributed by atoms with Gasteiger partial charge in [0.25, 0.3) is 0 Å². The standard InChI is InChI=1S/C23H41F3N2/c1-17(2)19-6-10-27(11-7-19)15-22-5-4-21(22)14-18(3)20-8-12-28(13-9-20)16-23(24,25)26/h17-22H,4-16H2,1-3H3. The molecule has 0 amide bonds. The molecule has 3 fully saturated rings. The average Bonchev–Trinajstić information content (AvgIpc) is 2.63. The van der Waals surface area contributed by atoms with Crippen molar-refractivity contribution in [1.82, 2.24) is 9.80 Å². The summed E-state index contributed by atoms with van der Waals surface area (Å²) in [5.41, 5.74) is 0. The van der Waals surface area contributed by atoms with Gasteiger partial charge in [-0.15, -0.1) is 0 Å². The van der Waals surface area contributed by atoms with E-state index < -0.39 is 12.7 Å². The van der Waals surface area contributed by atoms with Crippen LogP contribution in [0.25, 0.3) is 0 Å². The molecule has 0 N–H and O–H groups in total. The summed E-state index contributed by atoms with van der Waals surface area (Å²) in [5.74, 6) is 4.73. The zero-order valence-electron chi connectivity index (χ0n) is 18.2. The van der Waals surface area contributed by atoms with Crippen molar-refractivity contribution in [3.63, 3.8) is 0 Å². The molecule has 0 bridgehead atoms. The van der Waals surface area contributed by atoms with E-state index in [0.29, 0.717) is 24.9 Å². The maximum Gasteiger partial charge on any atom is 0.401 e. The van der Waals surface area contributed by atoms with Gasteiger partial charge in [0.2, 0.25) is 0 Å². The predicted octanol–water partition coefficient (Wildman–Crippen LogP) is 5.68. The molecule has 5 heteroatoms. The fourth-order valence-corrected chi connectivity index (χ4v) is 5.93. The van der Waals surface area contributed by atoms with E-state index in [9.17, 15) is 13.2 Å². The van der Waals surface area contributed by atoms with Gasteiger partial charge < -0.3 is 4.90 Å². The summed E-state index contributed by atoms with van der Waals surface area (Å²) in [5, 5.41) is 0. The van der Waals surface area contributed by atoms with E-state index in [1.54, 1.807) is 4.90 Å². The quantitative estimate of drug-likeness (QED) is 0.540. The van der Waals surface area contributed by atoms with Crippen molar-refractivity contribution in [3.8, 4) is 0 Å². The van der Waals surface area contributed by atoms with E-state index in [1.165, 1.54) is 51.7 Å². The van der Waals surface area contributed by atoms with E-state index >= 15 is 0 Å². The molecule has 2 nitrogen and oxygen atoms in total. The maximum absolute atomic E-state index is 12.6. The lowest BCUT2D eigenvalue weighted by Gasteiger charge is -2.44. The first-order chi connectivity index (χ1) is 13.2. The highest BCUT2D eigenvalue weighted by molar-refractivity contribution is 4.88. The fourth-order valence-electron chi connectivity index (χ4n) is 5.93. The molecule has 3 atom stereocenters. The van der Waals surface area contributed by atoms with Crippen LogP contribution in [0.2, 0.25) is 0 Å². The molecule has 3 aliphatic rings. The summed E-state index contributed by atoms with van der Waals surface area (Å²) in [6.07, 6.45) is 4.59. The fraction of sp³-hybridized carbons (Fsp3) is 1.00. The van der Waals surface area contributed by atoms with E-state index in [-0.39, 0.29) is 0 Å². The molecule has 28 heavy (non-hydrogen) atoms. The largest absolute Gasteiger partial charge is 0.401 e. The van der Waals surface area contributed by atoms with Crippen molar-refractivity contribution < 1.29 is 13.2 Å². The van der Waals surface area contributed by atoms with Crippen LogP contribution >= 0.6 is 0 Å². The van der Waals surface area contributed by atoms with Crippen LogP contribution in [0.15, 0.2) is 0 Å². The van der Waals surface area contributed by atoms with Gasteiger partial charge in [0.15, 0.2) is 0 Å². The van der Waals surface area contributed by atoms with Gasteiger partial charge in [-0.25, -0.2) is 0 Å². The first-order valence-corrected chi connectivity index (χ1v) is 11.7. The van der Waals surface area contributed by atoms with Crippen molar-refractivity contribution in [2.24, 2.45) is 35.5 Å². The minimum Gasteiger partial charge on any atom is -0.303 e. The lowest BCUT2D eigenvalue weighted by molar-refractivity contribution is -0.149. The minimum absolute atomic E-state index is 0.618. The molecule has 164 valence electrons. The second kappa shape index (κ2) is 9.68. The van der Waals surface area contributed by atoms with Crippen LogP contribution in [0, 0.1) is 35.5 Å². The number of alkyl halides is 3. The van der Waals surface area contributed by atoms with Crippen molar-refractivity contribution in [2.75, 3.05) is 39.3 Å². The number of hydrogen-bond donors (Lipinski definition) is 0. The predicted molar refractivity (Wildman–Crippen MR) is 109 cm³/mol. The number of halogens is 3. The summed E-state index contributed by atoms with van der Waals surface area (Å²) < 4.78 is 37.7. The number of rotatable bonds is 7. The van der Waals surface area contributed by atoms with E-state index in [2.05, 4.69) is 25.7 Å².